The molecule has 0 atom stereocenters. The molecule has 0 radical (unpaired) electrons. The van der Waals surface area contributed by atoms with Gasteiger partial charge in [-0.1, -0.05) is 12.6 Å². The van der Waals surface area contributed by atoms with E-state index in [2.05, 4.69) is 18.0 Å². The maximum Gasteiger partial charge on any atom is 0.157 e. The zero-order valence-electron chi connectivity index (χ0n) is 7.88. The molecule has 0 aliphatic rings. The molecule has 0 saturated carbocycles. The number of allylic oxidation sites excluding steroid dienone is 1. The molecule has 0 aliphatic heterocycles. The number of rotatable bonds is 5. The summed E-state index contributed by atoms with van der Waals surface area (Å²) in [7, 11) is 0. The van der Waals surface area contributed by atoms with E-state index in [1.54, 1.807) is 18.3 Å². The first-order chi connectivity index (χ1) is 6.20. The molecule has 0 spiro atoms. The first kappa shape index (κ1) is 10.2. The largest absolute Gasteiger partial charge is 0.295 e. The van der Waals surface area contributed by atoms with Crippen LogP contribution in [-0.2, 0) is 11.2 Å². The molecular weight excluding hydrogens is 180 g/mol. The maximum atomic E-state index is 11.2. The minimum Gasteiger partial charge on any atom is -0.295 e. The molecule has 1 heterocycles. The predicted molar refractivity (Wildman–Crippen MR) is 57.1 cm³/mol. The van der Waals surface area contributed by atoms with Gasteiger partial charge < -0.3 is 0 Å². The van der Waals surface area contributed by atoms with Crippen LogP contribution in [0.5, 0.6) is 0 Å². The van der Waals surface area contributed by atoms with Crippen LogP contribution in [0.1, 0.15) is 24.6 Å². The van der Waals surface area contributed by atoms with Crippen LogP contribution >= 0.6 is 11.3 Å². The number of hydrogen-bond acceptors (Lipinski definition) is 2. The second kappa shape index (κ2) is 4.97. The normalized spacial score (nSPS) is 9.92. The molecule has 0 amide bonds. The van der Waals surface area contributed by atoms with Crippen LogP contribution in [0.3, 0.4) is 0 Å². The lowest BCUT2D eigenvalue weighted by Crippen LogP contribution is -1.98. The fourth-order valence-corrected chi connectivity index (χ4v) is 1.84. The van der Waals surface area contributed by atoms with Gasteiger partial charge in [-0.2, -0.15) is 0 Å². The Bertz CT molecular complexity index is 285. The number of aryl methyl sites for hydroxylation is 1. The van der Waals surface area contributed by atoms with Crippen LogP contribution in [0.2, 0.25) is 0 Å². The summed E-state index contributed by atoms with van der Waals surface area (Å²) in [5.74, 6) is 0.191. The summed E-state index contributed by atoms with van der Waals surface area (Å²) in [5, 5.41) is 2.07. The highest BCUT2D eigenvalue weighted by atomic mass is 32.1. The summed E-state index contributed by atoms with van der Waals surface area (Å²) < 4.78 is 0. The second-order valence-electron chi connectivity index (χ2n) is 3.14. The molecule has 0 unspecified atom stereocenters. The lowest BCUT2D eigenvalue weighted by atomic mass is 10.1. The van der Waals surface area contributed by atoms with Crippen molar-refractivity contribution < 1.29 is 4.79 Å². The van der Waals surface area contributed by atoms with Crippen LogP contribution in [0, 0.1) is 0 Å². The molecule has 13 heavy (non-hydrogen) atoms. The molecule has 0 aliphatic carbocycles. The molecule has 0 saturated heterocycles. The van der Waals surface area contributed by atoms with Crippen molar-refractivity contribution in [3.05, 3.63) is 34.5 Å². The van der Waals surface area contributed by atoms with Gasteiger partial charge >= 0.3 is 0 Å². The molecule has 70 valence electrons. The van der Waals surface area contributed by atoms with Crippen molar-refractivity contribution in [3.8, 4) is 0 Å². The van der Waals surface area contributed by atoms with E-state index in [0.29, 0.717) is 12.0 Å². The summed E-state index contributed by atoms with van der Waals surface area (Å²) in [6, 6.07) is 4.15. The second-order valence-corrected chi connectivity index (χ2v) is 4.17. The van der Waals surface area contributed by atoms with Crippen molar-refractivity contribution in [1.82, 2.24) is 0 Å². The predicted octanol–water partition coefficient (Wildman–Crippen LogP) is 3.22. The maximum absolute atomic E-state index is 11.2. The Balaban J connectivity index is 2.22. The van der Waals surface area contributed by atoms with E-state index in [0.717, 1.165) is 12.8 Å². The molecule has 1 aromatic rings. The molecule has 0 fully saturated rings. The lowest BCUT2D eigenvalue weighted by Gasteiger charge is -1.97. The van der Waals surface area contributed by atoms with Gasteiger partial charge in [0.05, 0.1) is 0 Å². The van der Waals surface area contributed by atoms with E-state index in [-0.39, 0.29) is 5.78 Å². The average Bonchev–Trinajstić information content (AvgIpc) is 2.56. The van der Waals surface area contributed by atoms with E-state index < -0.39 is 0 Å². The molecule has 1 nitrogen and oxygen atoms in total. The van der Waals surface area contributed by atoms with Gasteiger partial charge in [-0.3, -0.25) is 4.79 Å². The van der Waals surface area contributed by atoms with Gasteiger partial charge in [-0.25, -0.2) is 0 Å². The third-order valence-corrected chi connectivity index (χ3v) is 2.82. The van der Waals surface area contributed by atoms with Gasteiger partial charge in [0.2, 0.25) is 0 Å². The van der Waals surface area contributed by atoms with E-state index in [1.807, 2.05) is 6.07 Å². The number of carbonyl (C=O) groups excluding carboxylic acids is 1. The highest BCUT2D eigenvalue weighted by Crippen LogP contribution is 2.12. The Hall–Kier alpha value is -0.890. The van der Waals surface area contributed by atoms with E-state index in [9.17, 15) is 4.79 Å². The first-order valence-corrected chi connectivity index (χ1v) is 5.29. The van der Waals surface area contributed by atoms with Gasteiger partial charge in [-0.15, -0.1) is 11.3 Å². The van der Waals surface area contributed by atoms with Crippen molar-refractivity contribution in [2.75, 3.05) is 0 Å². The molecule has 1 aromatic heterocycles. The van der Waals surface area contributed by atoms with Crippen molar-refractivity contribution in [2.24, 2.45) is 0 Å². The smallest absolute Gasteiger partial charge is 0.157 e. The van der Waals surface area contributed by atoms with Crippen molar-refractivity contribution in [3.63, 3.8) is 0 Å². The minimum atomic E-state index is 0.191. The third kappa shape index (κ3) is 3.55. The minimum absolute atomic E-state index is 0.191. The van der Waals surface area contributed by atoms with Crippen molar-refractivity contribution in [1.29, 1.82) is 0 Å². The SMILES string of the molecule is C=C(C)C(=O)CCCc1cccs1. The molecule has 2 heteroatoms. The van der Waals surface area contributed by atoms with Gasteiger partial charge in [0.15, 0.2) is 5.78 Å². The average molecular weight is 194 g/mol. The number of thiophene rings is 1. The summed E-state index contributed by atoms with van der Waals surface area (Å²) in [5.41, 5.74) is 0.672. The van der Waals surface area contributed by atoms with Crippen molar-refractivity contribution >= 4 is 17.1 Å². The number of Topliss-reactive ketones (excluding diaryl/α,β-unsaturated/α-hetero) is 1. The lowest BCUT2D eigenvalue weighted by molar-refractivity contribution is -0.115. The zero-order chi connectivity index (χ0) is 9.68. The standard InChI is InChI=1S/C11H14OS/c1-9(2)11(12)7-3-5-10-6-4-8-13-10/h4,6,8H,1,3,5,7H2,2H3. The summed E-state index contributed by atoms with van der Waals surface area (Å²) >= 11 is 1.75. The monoisotopic (exact) mass is 194 g/mol. The Kier molecular flexibility index (Phi) is 3.90. The van der Waals surface area contributed by atoms with E-state index in [1.165, 1.54) is 4.88 Å². The number of ketones is 1. The quantitative estimate of drug-likeness (QED) is 0.658. The number of hydrogen-bond donors (Lipinski definition) is 0. The zero-order valence-corrected chi connectivity index (χ0v) is 8.69. The Labute approximate surface area is 83.1 Å². The fourth-order valence-electron chi connectivity index (χ4n) is 1.09. The highest BCUT2D eigenvalue weighted by molar-refractivity contribution is 7.09. The highest BCUT2D eigenvalue weighted by Gasteiger charge is 2.02. The summed E-state index contributed by atoms with van der Waals surface area (Å²) in [6.07, 6.45) is 2.58. The molecular formula is C11H14OS. The van der Waals surface area contributed by atoms with Gasteiger partial charge in [-0.05, 0) is 36.8 Å². The van der Waals surface area contributed by atoms with Crippen molar-refractivity contribution in [2.45, 2.75) is 26.2 Å². The molecule has 0 aromatic carbocycles. The van der Waals surface area contributed by atoms with Crippen LogP contribution < -0.4 is 0 Å². The third-order valence-electron chi connectivity index (χ3n) is 1.88. The van der Waals surface area contributed by atoms with Crippen LogP contribution in [0.25, 0.3) is 0 Å². The van der Waals surface area contributed by atoms with E-state index >= 15 is 0 Å². The summed E-state index contributed by atoms with van der Waals surface area (Å²) in [4.78, 5) is 12.5. The van der Waals surface area contributed by atoms with E-state index in [4.69, 9.17) is 0 Å². The first-order valence-electron chi connectivity index (χ1n) is 4.41. The van der Waals surface area contributed by atoms with Crippen LogP contribution in [0.15, 0.2) is 29.7 Å². The molecule has 1 rings (SSSR count). The van der Waals surface area contributed by atoms with Crippen LogP contribution in [-0.4, -0.2) is 5.78 Å². The van der Waals surface area contributed by atoms with Gasteiger partial charge in [0.1, 0.15) is 0 Å². The van der Waals surface area contributed by atoms with Crippen LogP contribution in [0.4, 0.5) is 0 Å². The van der Waals surface area contributed by atoms with Gasteiger partial charge in [0, 0.05) is 11.3 Å². The Morgan fingerprint density at radius 2 is 2.38 bits per heavy atom. The molecule has 0 N–H and O–H groups in total. The Morgan fingerprint density at radius 1 is 1.62 bits per heavy atom. The summed E-state index contributed by atoms with van der Waals surface area (Å²) in [6.45, 7) is 5.40. The fraction of sp³-hybridized carbons (Fsp3) is 0.364. The Morgan fingerprint density at radius 3 is 2.92 bits per heavy atom. The molecule has 0 bridgehead atoms. The number of carbonyl (C=O) groups is 1. The van der Waals surface area contributed by atoms with Gasteiger partial charge in [0.25, 0.3) is 0 Å². The topological polar surface area (TPSA) is 17.1 Å².